The Labute approximate surface area is 261 Å². The van der Waals surface area contributed by atoms with E-state index >= 15 is 0 Å². The maximum absolute atomic E-state index is 14.8. The van der Waals surface area contributed by atoms with Crippen LogP contribution in [-0.4, -0.2) is 76.2 Å². The van der Waals surface area contributed by atoms with Gasteiger partial charge in [0, 0.05) is 17.1 Å². The van der Waals surface area contributed by atoms with E-state index in [1.165, 1.54) is 4.90 Å². The lowest BCUT2D eigenvalue weighted by molar-refractivity contribution is -0.156. The van der Waals surface area contributed by atoms with Gasteiger partial charge in [-0.3, -0.25) is 14.4 Å². The number of aliphatic hydroxyl groups is 1. The van der Waals surface area contributed by atoms with Gasteiger partial charge in [-0.25, -0.2) is 0 Å². The Hall–Kier alpha value is -3.01. The molecular formula is C34H41BrN2O6. The average Bonchev–Trinajstić information content (AvgIpc) is 3.59. The predicted octanol–water partition coefficient (Wildman–Crippen LogP) is 5.02. The predicted molar refractivity (Wildman–Crippen MR) is 170 cm³/mol. The first-order valence-corrected chi connectivity index (χ1v) is 16.0. The van der Waals surface area contributed by atoms with Gasteiger partial charge in [0.25, 0.3) is 5.91 Å². The lowest BCUT2D eigenvalue weighted by Gasteiger charge is -2.40. The minimum Gasteiger partial charge on any atom is -0.465 e. The summed E-state index contributed by atoms with van der Waals surface area (Å²) >= 11 is 3.71. The number of aliphatic hydroxyl groups excluding tert-OH is 1. The number of halogens is 1. The van der Waals surface area contributed by atoms with E-state index in [9.17, 15) is 19.5 Å². The van der Waals surface area contributed by atoms with Crippen molar-refractivity contribution >= 4 is 50.2 Å². The van der Waals surface area contributed by atoms with Crippen LogP contribution >= 0.6 is 15.9 Å². The Balaban J connectivity index is 1.55. The molecule has 1 spiro atoms. The third-order valence-corrected chi connectivity index (χ3v) is 10.1. The summed E-state index contributed by atoms with van der Waals surface area (Å²) in [5.74, 6) is -3.06. The van der Waals surface area contributed by atoms with Crippen LogP contribution in [0.25, 0.3) is 10.8 Å². The zero-order chi connectivity index (χ0) is 30.9. The van der Waals surface area contributed by atoms with Crippen LogP contribution < -0.4 is 4.90 Å². The Bertz CT molecular complexity index is 1400. The second-order valence-corrected chi connectivity index (χ2v) is 13.3. The third kappa shape index (κ3) is 5.44. The van der Waals surface area contributed by atoms with Gasteiger partial charge < -0.3 is 24.4 Å². The van der Waals surface area contributed by atoms with Crippen molar-refractivity contribution in [3.8, 4) is 0 Å². The molecule has 2 aromatic rings. The van der Waals surface area contributed by atoms with Crippen molar-refractivity contribution < 1.29 is 29.0 Å². The molecule has 43 heavy (non-hydrogen) atoms. The maximum Gasteiger partial charge on any atom is 0.312 e. The maximum atomic E-state index is 14.8. The first kappa shape index (κ1) is 31.4. The van der Waals surface area contributed by atoms with E-state index in [-0.39, 0.29) is 42.3 Å². The number of amides is 2. The topological polar surface area (TPSA) is 96.4 Å². The fourth-order valence-corrected chi connectivity index (χ4v) is 8.14. The van der Waals surface area contributed by atoms with Gasteiger partial charge in [0.1, 0.15) is 11.6 Å². The average molecular weight is 654 g/mol. The number of carbonyl (C=O) groups is 3. The molecule has 9 heteroatoms. The number of anilines is 1. The molecule has 8 nitrogen and oxygen atoms in total. The van der Waals surface area contributed by atoms with Gasteiger partial charge in [-0.05, 0) is 54.5 Å². The highest BCUT2D eigenvalue weighted by atomic mass is 79.9. The Morgan fingerprint density at radius 3 is 2.60 bits per heavy atom. The summed E-state index contributed by atoms with van der Waals surface area (Å²) in [4.78, 5) is 45.7. The Kier molecular flexibility index (Phi) is 9.44. The normalized spacial score (nSPS) is 28.3. The molecule has 2 amide bonds. The van der Waals surface area contributed by atoms with Gasteiger partial charge in [0.2, 0.25) is 5.91 Å². The second-order valence-electron chi connectivity index (χ2n) is 12.1. The molecule has 3 heterocycles. The van der Waals surface area contributed by atoms with Crippen LogP contribution in [0.2, 0.25) is 0 Å². The van der Waals surface area contributed by atoms with Crippen LogP contribution in [0.4, 0.5) is 5.69 Å². The number of unbranched alkanes of at least 4 members (excludes halogenated alkanes) is 2. The van der Waals surface area contributed by atoms with Crippen LogP contribution in [0, 0.1) is 17.8 Å². The van der Waals surface area contributed by atoms with Crippen molar-refractivity contribution in [2.24, 2.45) is 17.8 Å². The van der Waals surface area contributed by atoms with E-state index in [4.69, 9.17) is 9.47 Å². The van der Waals surface area contributed by atoms with E-state index in [0.717, 1.165) is 23.6 Å². The number of nitrogens with zero attached hydrogens (tertiary/aromatic N) is 2. The molecular weight excluding hydrogens is 612 g/mol. The summed E-state index contributed by atoms with van der Waals surface area (Å²) in [7, 11) is 0. The second kappa shape index (κ2) is 12.9. The number of ether oxygens (including phenoxy) is 2. The minimum atomic E-state index is -1.25. The van der Waals surface area contributed by atoms with Crippen molar-refractivity contribution in [3.63, 3.8) is 0 Å². The van der Waals surface area contributed by atoms with Gasteiger partial charge in [0.05, 0.1) is 37.2 Å². The van der Waals surface area contributed by atoms with Crippen molar-refractivity contribution in [1.29, 1.82) is 0 Å². The lowest BCUT2D eigenvalue weighted by atomic mass is 9.70. The summed E-state index contributed by atoms with van der Waals surface area (Å²) in [6.07, 6.45) is 5.62. The number of carbonyl (C=O) groups excluding carboxylic acids is 3. The molecule has 2 bridgehead atoms. The molecule has 3 aliphatic rings. The zero-order valence-electron chi connectivity index (χ0n) is 24.9. The first-order chi connectivity index (χ1) is 20.7. The highest BCUT2D eigenvalue weighted by Crippen LogP contribution is 2.61. The smallest absolute Gasteiger partial charge is 0.312 e. The van der Waals surface area contributed by atoms with E-state index < -0.39 is 41.6 Å². The quantitative estimate of drug-likeness (QED) is 0.141. The molecule has 2 aromatic carbocycles. The highest BCUT2D eigenvalue weighted by molar-refractivity contribution is 9.09. The van der Waals surface area contributed by atoms with Crippen molar-refractivity contribution in [2.75, 3.05) is 24.7 Å². The molecule has 3 fully saturated rings. The van der Waals surface area contributed by atoms with Crippen LogP contribution in [0.3, 0.4) is 0 Å². The van der Waals surface area contributed by atoms with Gasteiger partial charge in [0.15, 0.2) is 0 Å². The SMILES string of the molecule is C=CCCCCOC(=O)[C@H]1[C@@H]2OC3(CC2Br)C(C(=O)N(CC=C)c2ccc4ccccc4c2)N([C@@H](CO)C(C)C)C(=O)[C@H]13. The van der Waals surface area contributed by atoms with Crippen LogP contribution in [0.5, 0.6) is 0 Å². The van der Waals surface area contributed by atoms with Crippen LogP contribution in [-0.2, 0) is 23.9 Å². The molecule has 0 aromatic heterocycles. The summed E-state index contributed by atoms with van der Waals surface area (Å²) in [5.41, 5.74) is -0.586. The number of allylic oxidation sites excluding steroid dienone is 1. The standard InChI is InChI=1S/C34H41BrN2O6/c1-5-7-8-11-17-42-33(41)27-28-31(39)37(26(20-38)21(3)4)30(34(28)19-25(35)29(27)43-34)32(40)36(16-6-2)24-15-14-22-12-9-10-13-23(22)18-24/h5-6,9-10,12-15,18,21,25-30,38H,1-2,7-8,11,16-17,19-20H2,3-4H3/t25?,26-,27+,28-,29+,30?,34?/m0/s1. The number of hydrogen-bond donors (Lipinski definition) is 1. The molecule has 7 atom stereocenters. The molecule has 230 valence electrons. The Morgan fingerprint density at radius 2 is 1.93 bits per heavy atom. The van der Waals surface area contributed by atoms with Gasteiger partial charge in [-0.1, -0.05) is 72.3 Å². The summed E-state index contributed by atoms with van der Waals surface area (Å²) < 4.78 is 12.3. The lowest BCUT2D eigenvalue weighted by Crippen LogP contribution is -2.60. The molecule has 5 rings (SSSR count). The fourth-order valence-electron chi connectivity index (χ4n) is 7.20. The number of esters is 1. The molecule has 0 saturated carbocycles. The molecule has 3 unspecified atom stereocenters. The monoisotopic (exact) mass is 652 g/mol. The fraction of sp³-hybridized carbons (Fsp3) is 0.500. The molecule has 3 aliphatic heterocycles. The van der Waals surface area contributed by atoms with E-state index in [1.807, 2.05) is 62.4 Å². The number of benzene rings is 2. The van der Waals surface area contributed by atoms with E-state index in [2.05, 4.69) is 29.1 Å². The zero-order valence-corrected chi connectivity index (χ0v) is 26.4. The number of rotatable bonds is 13. The number of fused-ring (bicyclic) bond motifs is 2. The van der Waals surface area contributed by atoms with Gasteiger partial charge in [-0.2, -0.15) is 0 Å². The molecule has 1 N–H and O–H groups in total. The summed E-state index contributed by atoms with van der Waals surface area (Å²) in [5, 5.41) is 12.5. The molecule has 3 saturated heterocycles. The summed E-state index contributed by atoms with van der Waals surface area (Å²) in [6.45, 7) is 11.6. The highest BCUT2D eigenvalue weighted by Gasteiger charge is 2.77. The van der Waals surface area contributed by atoms with Gasteiger partial charge >= 0.3 is 5.97 Å². The number of alkyl halides is 1. The van der Waals surface area contributed by atoms with Gasteiger partial charge in [-0.15, -0.1) is 13.2 Å². The van der Waals surface area contributed by atoms with Crippen molar-refractivity contribution in [1.82, 2.24) is 4.90 Å². The molecule has 0 aliphatic carbocycles. The minimum absolute atomic E-state index is 0.153. The third-order valence-electron chi connectivity index (χ3n) is 9.22. The van der Waals surface area contributed by atoms with Crippen LogP contribution in [0.1, 0.15) is 39.5 Å². The van der Waals surface area contributed by atoms with Crippen LogP contribution in [0.15, 0.2) is 67.8 Å². The van der Waals surface area contributed by atoms with Crippen molar-refractivity contribution in [3.05, 3.63) is 67.8 Å². The first-order valence-electron chi connectivity index (χ1n) is 15.1. The van der Waals surface area contributed by atoms with E-state index in [1.54, 1.807) is 11.0 Å². The number of hydrogen-bond acceptors (Lipinski definition) is 6. The summed E-state index contributed by atoms with van der Waals surface area (Å²) in [6, 6.07) is 12.0. The Morgan fingerprint density at radius 1 is 1.19 bits per heavy atom. The largest absolute Gasteiger partial charge is 0.465 e. The number of likely N-dealkylation sites (tertiary alicyclic amines) is 1. The van der Waals surface area contributed by atoms with Crippen molar-refractivity contribution in [2.45, 2.75) is 68.1 Å². The molecule has 0 radical (unpaired) electrons. The van der Waals surface area contributed by atoms with E-state index in [0.29, 0.717) is 18.5 Å².